The molecule has 0 bridgehead atoms. The smallest absolute Gasteiger partial charge is 0.163 e. The molecule has 0 aliphatic carbocycles. The number of alkyl halides is 1. The second-order valence-corrected chi connectivity index (χ2v) is 7.25. The summed E-state index contributed by atoms with van der Waals surface area (Å²) in [7, 11) is 0. The first-order valence-corrected chi connectivity index (χ1v) is 9.16. The summed E-state index contributed by atoms with van der Waals surface area (Å²) in [6, 6.07) is 13.1. The number of benzene rings is 1. The van der Waals surface area contributed by atoms with Gasteiger partial charge in [-0.1, -0.05) is 52.9 Å². The lowest BCUT2D eigenvalue weighted by molar-refractivity contribution is -0.166. The average molecular weight is 412 g/mol. The molecule has 22 heavy (non-hydrogen) atoms. The van der Waals surface area contributed by atoms with Crippen molar-refractivity contribution in [2.75, 3.05) is 4.43 Å². The molecule has 0 saturated carbocycles. The van der Waals surface area contributed by atoms with Crippen molar-refractivity contribution >= 4 is 22.6 Å². The maximum absolute atomic E-state index is 9.24. The number of rotatable bonds is 4. The van der Waals surface area contributed by atoms with E-state index in [1.807, 2.05) is 19.9 Å². The molecule has 0 aromatic heterocycles. The van der Waals surface area contributed by atoms with Crippen LogP contribution in [0.1, 0.15) is 25.8 Å². The number of halogens is 1. The molecule has 2 aliphatic rings. The summed E-state index contributed by atoms with van der Waals surface area (Å²) in [5.74, 6) is -0.550. The molecule has 4 nitrogen and oxygen atoms in total. The van der Waals surface area contributed by atoms with Crippen molar-refractivity contribution in [3.8, 4) is 6.07 Å². The zero-order valence-electron chi connectivity index (χ0n) is 12.9. The van der Waals surface area contributed by atoms with E-state index in [2.05, 4.69) is 57.8 Å². The molecule has 0 N–H and O–H groups in total. The number of nitrogens with zero attached hydrogens (tertiary/aromatic N) is 2. The number of fused-ring (bicyclic) bond motifs is 1. The lowest BCUT2D eigenvalue weighted by Crippen LogP contribution is -2.43. The fourth-order valence-electron chi connectivity index (χ4n) is 3.57. The quantitative estimate of drug-likeness (QED) is 0.563. The molecule has 0 radical (unpaired) electrons. The number of likely N-dealkylation sites (tertiary alicyclic amines) is 1. The Morgan fingerprint density at radius 3 is 2.41 bits per heavy atom. The SMILES string of the molecule is CC1(C)O[C@@H]2[C@H](O1)[C@@H](CI)N(Cc1ccccc1)[C@H]2CC#N. The first kappa shape index (κ1) is 16.2. The largest absolute Gasteiger partial charge is 0.343 e. The molecule has 4 atom stereocenters. The Kier molecular flexibility index (Phi) is 4.74. The Labute approximate surface area is 145 Å². The van der Waals surface area contributed by atoms with Gasteiger partial charge in [-0.05, 0) is 19.4 Å². The molecular weight excluding hydrogens is 391 g/mol. The summed E-state index contributed by atoms with van der Waals surface area (Å²) in [6.45, 7) is 4.75. The Hall–Kier alpha value is -0.680. The fraction of sp³-hybridized carbons (Fsp3) is 0.588. The van der Waals surface area contributed by atoms with Gasteiger partial charge in [0.25, 0.3) is 0 Å². The normalized spacial score (nSPS) is 33.5. The lowest BCUT2D eigenvalue weighted by atomic mass is 10.1. The van der Waals surface area contributed by atoms with Crippen LogP contribution in [0.3, 0.4) is 0 Å². The Bertz CT molecular complexity index is 558. The van der Waals surface area contributed by atoms with Gasteiger partial charge in [0.15, 0.2) is 5.79 Å². The topological polar surface area (TPSA) is 45.5 Å². The third-order valence-corrected chi connectivity index (χ3v) is 5.34. The highest BCUT2D eigenvalue weighted by Gasteiger charge is 2.56. The number of hydrogen-bond acceptors (Lipinski definition) is 4. The fourth-order valence-corrected chi connectivity index (χ4v) is 4.57. The zero-order chi connectivity index (χ0) is 15.7. The van der Waals surface area contributed by atoms with Gasteiger partial charge in [-0.2, -0.15) is 5.26 Å². The lowest BCUT2D eigenvalue weighted by Gasteiger charge is -2.32. The zero-order valence-corrected chi connectivity index (χ0v) is 15.1. The minimum absolute atomic E-state index is 0.0156. The van der Waals surface area contributed by atoms with E-state index in [4.69, 9.17) is 9.47 Å². The van der Waals surface area contributed by atoms with Gasteiger partial charge in [0.2, 0.25) is 0 Å². The van der Waals surface area contributed by atoms with Crippen molar-refractivity contribution < 1.29 is 9.47 Å². The van der Waals surface area contributed by atoms with Crippen molar-refractivity contribution in [3.63, 3.8) is 0 Å². The maximum Gasteiger partial charge on any atom is 0.163 e. The third-order valence-electron chi connectivity index (χ3n) is 4.44. The molecule has 0 amide bonds. The molecule has 1 aromatic rings. The van der Waals surface area contributed by atoms with Crippen LogP contribution in [-0.4, -0.2) is 39.4 Å². The molecule has 1 aromatic carbocycles. The van der Waals surface area contributed by atoms with Crippen LogP contribution in [0, 0.1) is 11.3 Å². The number of hydrogen-bond donors (Lipinski definition) is 0. The molecule has 0 unspecified atom stereocenters. The summed E-state index contributed by atoms with van der Waals surface area (Å²) >= 11 is 2.41. The van der Waals surface area contributed by atoms with E-state index in [0.717, 1.165) is 11.0 Å². The molecular formula is C17H21IN2O2. The van der Waals surface area contributed by atoms with Gasteiger partial charge < -0.3 is 9.47 Å². The molecule has 5 heteroatoms. The third kappa shape index (κ3) is 3.02. The van der Waals surface area contributed by atoms with Crippen LogP contribution in [-0.2, 0) is 16.0 Å². The monoisotopic (exact) mass is 412 g/mol. The van der Waals surface area contributed by atoms with E-state index in [0.29, 0.717) is 6.42 Å². The van der Waals surface area contributed by atoms with Crippen LogP contribution < -0.4 is 0 Å². The Morgan fingerprint density at radius 2 is 1.82 bits per heavy atom. The summed E-state index contributed by atoms with van der Waals surface area (Å²) in [5.41, 5.74) is 1.26. The van der Waals surface area contributed by atoms with Crippen molar-refractivity contribution in [3.05, 3.63) is 35.9 Å². The van der Waals surface area contributed by atoms with E-state index in [1.165, 1.54) is 5.56 Å². The van der Waals surface area contributed by atoms with Crippen LogP contribution in [0.15, 0.2) is 30.3 Å². The summed E-state index contributed by atoms with van der Waals surface area (Å²) < 4.78 is 13.2. The van der Waals surface area contributed by atoms with Crippen molar-refractivity contribution in [1.82, 2.24) is 4.90 Å². The van der Waals surface area contributed by atoms with Crippen LogP contribution in [0.4, 0.5) is 0 Å². The Balaban J connectivity index is 1.86. The second kappa shape index (κ2) is 6.44. The predicted molar refractivity (Wildman–Crippen MR) is 92.5 cm³/mol. The Morgan fingerprint density at radius 1 is 1.18 bits per heavy atom. The van der Waals surface area contributed by atoms with E-state index in [-0.39, 0.29) is 24.3 Å². The molecule has 2 aliphatic heterocycles. The van der Waals surface area contributed by atoms with E-state index < -0.39 is 5.79 Å². The van der Waals surface area contributed by atoms with Gasteiger partial charge in [0, 0.05) is 17.0 Å². The molecule has 2 saturated heterocycles. The second-order valence-electron chi connectivity index (χ2n) is 6.37. The predicted octanol–water partition coefficient (Wildman–Crippen LogP) is 3.11. The van der Waals surface area contributed by atoms with Crippen molar-refractivity contribution in [2.24, 2.45) is 0 Å². The van der Waals surface area contributed by atoms with E-state index >= 15 is 0 Å². The highest BCUT2D eigenvalue weighted by atomic mass is 127. The summed E-state index contributed by atoms with van der Waals surface area (Å²) in [5, 5.41) is 9.24. The first-order valence-electron chi connectivity index (χ1n) is 7.64. The van der Waals surface area contributed by atoms with Gasteiger partial charge in [-0.3, -0.25) is 4.90 Å². The standard InChI is InChI=1S/C17H21IN2O2/c1-17(2)21-15-13(8-9-19)20(14(10-18)16(15)22-17)11-12-6-4-3-5-7-12/h3-7,13-16H,8,10-11H2,1-2H3/t13-,14+,15-,16+/m0/s1. The molecule has 2 fully saturated rings. The minimum atomic E-state index is -0.550. The van der Waals surface area contributed by atoms with E-state index in [9.17, 15) is 5.26 Å². The molecule has 0 spiro atoms. The highest BCUT2D eigenvalue weighted by molar-refractivity contribution is 14.1. The van der Waals surface area contributed by atoms with Crippen molar-refractivity contribution in [2.45, 2.75) is 56.9 Å². The molecule has 118 valence electrons. The number of nitriles is 1. The summed E-state index contributed by atoms with van der Waals surface area (Å²) in [4.78, 5) is 2.40. The van der Waals surface area contributed by atoms with E-state index in [1.54, 1.807) is 0 Å². The van der Waals surface area contributed by atoms with Gasteiger partial charge >= 0.3 is 0 Å². The van der Waals surface area contributed by atoms with Gasteiger partial charge in [-0.15, -0.1) is 0 Å². The molecule has 2 heterocycles. The van der Waals surface area contributed by atoms with Crippen LogP contribution in [0.2, 0.25) is 0 Å². The maximum atomic E-state index is 9.24. The van der Waals surface area contributed by atoms with Crippen LogP contribution in [0.5, 0.6) is 0 Å². The van der Waals surface area contributed by atoms with Crippen LogP contribution >= 0.6 is 22.6 Å². The molecule has 3 rings (SSSR count). The van der Waals surface area contributed by atoms with Gasteiger partial charge in [0.1, 0.15) is 12.2 Å². The minimum Gasteiger partial charge on any atom is -0.343 e. The first-order chi connectivity index (χ1) is 10.6. The average Bonchev–Trinajstić information content (AvgIpc) is 2.92. The summed E-state index contributed by atoms with van der Waals surface area (Å²) in [6.07, 6.45) is 0.507. The van der Waals surface area contributed by atoms with Gasteiger partial charge in [-0.25, -0.2) is 0 Å². The van der Waals surface area contributed by atoms with Gasteiger partial charge in [0.05, 0.1) is 18.5 Å². The van der Waals surface area contributed by atoms with Crippen molar-refractivity contribution in [1.29, 1.82) is 5.26 Å². The number of ether oxygens (including phenoxy) is 2. The van der Waals surface area contributed by atoms with Crippen LogP contribution in [0.25, 0.3) is 0 Å². The highest BCUT2D eigenvalue weighted by Crippen LogP contribution is 2.42.